The first kappa shape index (κ1) is 13.6. The molecule has 0 saturated heterocycles. The summed E-state index contributed by atoms with van der Waals surface area (Å²) in [4.78, 5) is 1.85. The van der Waals surface area contributed by atoms with Crippen LogP contribution in [0.3, 0.4) is 0 Å². The number of hydrogen-bond acceptors (Lipinski definition) is 2. The third-order valence-corrected chi connectivity index (χ3v) is 3.80. The number of hydrogen-bond donors (Lipinski definition) is 0. The first-order chi connectivity index (χ1) is 10.2. The van der Waals surface area contributed by atoms with E-state index >= 15 is 0 Å². The van der Waals surface area contributed by atoms with E-state index in [9.17, 15) is 8.78 Å². The number of halogens is 2. The monoisotopic (exact) mass is 284 g/mol. The molecule has 0 aromatic heterocycles. The van der Waals surface area contributed by atoms with E-state index in [0.29, 0.717) is 23.4 Å². The molecule has 0 bridgehead atoms. The van der Waals surface area contributed by atoms with Gasteiger partial charge in [0.2, 0.25) is 0 Å². The Morgan fingerprint density at radius 1 is 1.14 bits per heavy atom. The van der Waals surface area contributed by atoms with Crippen LogP contribution in [0.25, 0.3) is 0 Å². The highest BCUT2D eigenvalue weighted by Crippen LogP contribution is 2.31. The van der Waals surface area contributed by atoms with Crippen molar-refractivity contribution in [3.05, 3.63) is 64.7 Å². The van der Waals surface area contributed by atoms with Gasteiger partial charge in [-0.25, -0.2) is 8.78 Å². The molecule has 106 valence electrons. The van der Waals surface area contributed by atoms with Gasteiger partial charge in [0.05, 0.1) is 17.3 Å². The van der Waals surface area contributed by atoms with Gasteiger partial charge in [0.1, 0.15) is 11.6 Å². The number of para-hydroxylation sites is 1. The van der Waals surface area contributed by atoms with Crippen LogP contribution in [0.15, 0.2) is 36.4 Å². The van der Waals surface area contributed by atoms with Gasteiger partial charge in [-0.3, -0.25) is 0 Å². The van der Waals surface area contributed by atoms with E-state index in [-0.39, 0.29) is 18.2 Å². The molecular weight excluding hydrogens is 270 g/mol. The largest absolute Gasteiger partial charge is 0.364 e. The van der Waals surface area contributed by atoms with E-state index in [0.717, 1.165) is 18.4 Å². The molecule has 0 aliphatic carbocycles. The number of anilines is 1. The van der Waals surface area contributed by atoms with Crippen LogP contribution < -0.4 is 4.90 Å². The van der Waals surface area contributed by atoms with Crippen LogP contribution in [0.5, 0.6) is 0 Å². The molecule has 0 spiro atoms. The van der Waals surface area contributed by atoms with Crippen LogP contribution in [0.4, 0.5) is 14.5 Å². The van der Waals surface area contributed by atoms with Crippen molar-refractivity contribution < 1.29 is 8.78 Å². The third kappa shape index (κ3) is 2.59. The second-order valence-corrected chi connectivity index (χ2v) is 5.19. The second kappa shape index (κ2) is 5.53. The molecule has 2 aromatic carbocycles. The van der Waals surface area contributed by atoms with E-state index in [2.05, 4.69) is 0 Å². The topological polar surface area (TPSA) is 27.0 Å². The molecule has 0 fully saturated rings. The van der Waals surface area contributed by atoms with E-state index < -0.39 is 0 Å². The Bertz CT molecular complexity index is 719. The lowest BCUT2D eigenvalue weighted by Crippen LogP contribution is -2.30. The number of benzene rings is 2. The Morgan fingerprint density at radius 2 is 2.00 bits per heavy atom. The van der Waals surface area contributed by atoms with Gasteiger partial charge >= 0.3 is 0 Å². The smallest absolute Gasteiger partial charge is 0.146 e. The van der Waals surface area contributed by atoms with Gasteiger partial charge in [-0.05, 0) is 42.7 Å². The average molecular weight is 284 g/mol. The molecule has 2 nitrogen and oxygen atoms in total. The lowest BCUT2D eigenvalue weighted by molar-refractivity contribution is 0.578. The van der Waals surface area contributed by atoms with Crippen LogP contribution in [0.1, 0.15) is 23.1 Å². The van der Waals surface area contributed by atoms with Crippen LogP contribution in [0.2, 0.25) is 0 Å². The zero-order valence-electron chi connectivity index (χ0n) is 11.4. The molecule has 1 aliphatic heterocycles. The van der Waals surface area contributed by atoms with E-state index in [1.165, 1.54) is 24.3 Å². The fraction of sp³-hybridized carbons (Fsp3) is 0.235. The van der Waals surface area contributed by atoms with Crippen molar-refractivity contribution in [3.8, 4) is 6.07 Å². The summed E-state index contributed by atoms with van der Waals surface area (Å²) in [6, 6.07) is 11.3. The number of aryl methyl sites for hydroxylation is 1. The minimum absolute atomic E-state index is 0.273. The molecule has 0 radical (unpaired) electrons. The summed E-state index contributed by atoms with van der Waals surface area (Å²) in [6.07, 6.45) is 1.75. The average Bonchev–Trinajstić information content (AvgIpc) is 2.50. The minimum atomic E-state index is -0.363. The van der Waals surface area contributed by atoms with Crippen molar-refractivity contribution in [2.45, 2.75) is 19.4 Å². The Kier molecular flexibility index (Phi) is 3.57. The maximum atomic E-state index is 14.1. The summed E-state index contributed by atoms with van der Waals surface area (Å²) in [6.45, 7) is 0.958. The van der Waals surface area contributed by atoms with Gasteiger partial charge in [-0.1, -0.05) is 12.1 Å². The van der Waals surface area contributed by atoms with Crippen molar-refractivity contribution in [3.63, 3.8) is 0 Å². The van der Waals surface area contributed by atoms with Crippen molar-refractivity contribution in [2.24, 2.45) is 0 Å². The summed E-state index contributed by atoms with van der Waals surface area (Å²) in [7, 11) is 0. The molecule has 3 rings (SSSR count). The van der Waals surface area contributed by atoms with Crippen molar-refractivity contribution in [1.29, 1.82) is 5.26 Å². The van der Waals surface area contributed by atoms with Crippen LogP contribution in [0, 0.1) is 23.0 Å². The second-order valence-electron chi connectivity index (χ2n) is 5.19. The molecule has 0 atom stereocenters. The minimum Gasteiger partial charge on any atom is -0.364 e. The molecule has 2 aromatic rings. The predicted octanol–water partition coefficient (Wildman–Crippen LogP) is 3.79. The summed E-state index contributed by atoms with van der Waals surface area (Å²) < 4.78 is 28.0. The van der Waals surface area contributed by atoms with Gasteiger partial charge in [0, 0.05) is 18.7 Å². The van der Waals surface area contributed by atoms with Gasteiger partial charge in [-0.2, -0.15) is 5.26 Å². The van der Waals surface area contributed by atoms with Crippen LogP contribution >= 0.6 is 0 Å². The summed E-state index contributed by atoms with van der Waals surface area (Å²) in [5.41, 5.74) is 2.35. The molecule has 0 N–H and O–H groups in total. The van der Waals surface area contributed by atoms with Gasteiger partial charge in [-0.15, -0.1) is 0 Å². The van der Waals surface area contributed by atoms with E-state index in [4.69, 9.17) is 5.26 Å². The molecule has 1 aliphatic rings. The first-order valence-corrected chi connectivity index (χ1v) is 6.90. The Morgan fingerprint density at radius 3 is 2.81 bits per heavy atom. The Labute approximate surface area is 122 Å². The van der Waals surface area contributed by atoms with E-state index in [1.54, 1.807) is 6.07 Å². The highest BCUT2D eigenvalue weighted by molar-refractivity contribution is 5.57. The maximum absolute atomic E-state index is 14.1. The Balaban J connectivity index is 1.96. The van der Waals surface area contributed by atoms with E-state index in [1.807, 2.05) is 17.0 Å². The predicted molar refractivity (Wildman–Crippen MR) is 76.9 cm³/mol. The van der Waals surface area contributed by atoms with Crippen LogP contribution in [-0.4, -0.2) is 6.54 Å². The Hall–Kier alpha value is -2.41. The number of nitriles is 1. The summed E-state index contributed by atoms with van der Waals surface area (Å²) >= 11 is 0. The highest BCUT2D eigenvalue weighted by atomic mass is 19.1. The highest BCUT2D eigenvalue weighted by Gasteiger charge is 2.21. The quantitative estimate of drug-likeness (QED) is 0.839. The fourth-order valence-electron chi connectivity index (χ4n) is 2.82. The summed E-state index contributed by atoms with van der Waals surface area (Å²) in [5.74, 6) is -0.637. The SMILES string of the molecule is N#Cc1ccc(F)c(CN2CCCc3cccc(F)c32)c1. The zero-order valence-corrected chi connectivity index (χ0v) is 11.4. The van der Waals surface area contributed by atoms with Gasteiger partial charge in [0.25, 0.3) is 0 Å². The molecule has 21 heavy (non-hydrogen) atoms. The molecular formula is C17H14F2N2. The molecule has 0 unspecified atom stereocenters. The first-order valence-electron chi connectivity index (χ1n) is 6.90. The molecule has 4 heteroatoms. The fourth-order valence-corrected chi connectivity index (χ4v) is 2.82. The van der Waals surface area contributed by atoms with Gasteiger partial charge < -0.3 is 4.90 Å². The third-order valence-electron chi connectivity index (χ3n) is 3.80. The number of rotatable bonds is 2. The number of fused-ring (bicyclic) bond motifs is 1. The standard InChI is InChI=1S/C17H14F2N2/c18-15-7-6-12(10-20)9-14(15)11-21-8-2-4-13-3-1-5-16(19)17(13)21/h1,3,5-7,9H,2,4,8,11H2. The summed E-state index contributed by atoms with van der Waals surface area (Å²) in [5, 5.41) is 8.91. The van der Waals surface area contributed by atoms with Crippen molar-refractivity contribution in [1.82, 2.24) is 0 Å². The lowest BCUT2D eigenvalue weighted by atomic mass is 10.0. The molecule has 0 amide bonds. The number of nitrogens with zero attached hydrogens (tertiary/aromatic N) is 2. The van der Waals surface area contributed by atoms with Crippen LogP contribution in [-0.2, 0) is 13.0 Å². The van der Waals surface area contributed by atoms with Crippen molar-refractivity contribution >= 4 is 5.69 Å². The normalized spacial score (nSPS) is 13.7. The maximum Gasteiger partial charge on any atom is 0.146 e. The molecule has 0 saturated carbocycles. The molecule has 1 heterocycles. The van der Waals surface area contributed by atoms with Crippen molar-refractivity contribution in [2.75, 3.05) is 11.4 Å². The lowest BCUT2D eigenvalue weighted by Gasteiger charge is -2.31. The van der Waals surface area contributed by atoms with Gasteiger partial charge in [0.15, 0.2) is 0 Å². The zero-order chi connectivity index (χ0) is 14.8.